The van der Waals surface area contributed by atoms with Crippen molar-refractivity contribution < 1.29 is 26.3 Å². The molecular formula is C4BF6N2-. The van der Waals surface area contributed by atoms with E-state index in [4.69, 9.17) is 11.8 Å². The van der Waals surface area contributed by atoms with E-state index in [1.807, 2.05) is 0 Å². The van der Waals surface area contributed by atoms with Crippen LogP contribution in [-0.2, 0) is 0 Å². The highest BCUT2D eigenvalue weighted by atomic mass is 19.4. The maximum atomic E-state index is 12.4. The minimum Gasteiger partial charge on any atom is -0.525 e. The van der Waals surface area contributed by atoms with Gasteiger partial charge in [0.25, 0.3) is 0 Å². The van der Waals surface area contributed by atoms with Crippen molar-refractivity contribution in [2.24, 2.45) is 0 Å². The van der Waals surface area contributed by atoms with Gasteiger partial charge in [-0.3, -0.25) is 0 Å². The average Bonchev–Trinajstić information content (AvgIpc) is 2.00. The van der Waals surface area contributed by atoms with Crippen molar-refractivity contribution in [2.75, 3.05) is 0 Å². The van der Waals surface area contributed by atoms with Gasteiger partial charge in [0.1, 0.15) is 0 Å². The molecule has 0 radical (unpaired) electrons. The Morgan fingerprint density at radius 1 is 1.23 bits per heavy atom. The van der Waals surface area contributed by atoms with E-state index in [1.165, 1.54) is 4.76 Å². The van der Waals surface area contributed by atoms with E-state index in [0.29, 0.717) is 0 Å². The topological polar surface area (TPSA) is 28.1 Å². The third-order valence-corrected chi connectivity index (χ3v) is 1.21. The van der Waals surface area contributed by atoms with Gasteiger partial charge < -0.3 is 15.6 Å². The molecule has 0 N–H and O–H groups in total. The minimum atomic E-state index is -6.23. The second-order valence-electron chi connectivity index (χ2n) is 2.10. The molecule has 0 saturated carbocycles. The smallest absolute Gasteiger partial charge is 0.525 e. The van der Waals surface area contributed by atoms with E-state index in [-0.39, 0.29) is 5.97 Å². The second kappa shape index (κ2) is 2.84. The molecule has 0 heterocycles. The van der Waals surface area contributed by atoms with Gasteiger partial charge in [0.2, 0.25) is 0 Å². The number of nitrogens with zero attached hydrogens (tertiary/aromatic N) is 2. The first-order valence-electron chi connectivity index (χ1n) is 2.70. The summed E-state index contributed by atoms with van der Waals surface area (Å²) in [5.74, 6) is -5.88. The Balaban J connectivity index is 5.32. The molecule has 0 aromatic rings. The molecule has 0 aromatic carbocycles. The van der Waals surface area contributed by atoms with Crippen LogP contribution in [0.4, 0.5) is 26.3 Å². The highest BCUT2D eigenvalue weighted by Crippen LogP contribution is 2.43. The zero-order chi connectivity index (χ0) is 10.9. The predicted molar refractivity (Wildman–Crippen MR) is 30.1 cm³/mol. The number of alkyl halides is 5. The van der Waals surface area contributed by atoms with Crippen LogP contribution in [0, 0.1) is 17.8 Å². The summed E-state index contributed by atoms with van der Waals surface area (Å²) in [4.78, 5) is 0. The lowest BCUT2D eigenvalue weighted by atomic mass is 9.52. The van der Waals surface area contributed by atoms with Gasteiger partial charge in [0, 0.05) is 0 Å². The van der Waals surface area contributed by atoms with Gasteiger partial charge in [0.15, 0.2) is 0 Å². The molecular weight excluding hydrogens is 201 g/mol. The van der Waals surface area contributed by atoms with Crippen LogP contribution < -0.4 is 0 Å². The quantitative estimate of drug-likeness (QED) is 0.362. The second-order valence-corrected chi connectivity index (χ2v) is 2.10. The Bertz CT molecular complexity index is 268. The summed E-state index contributed by atoms with van der Waals surface area (Å²) < 4.78 is 72.2. The molecule has 9 heteroatoms. The number of nitriles is 1. The molecule has 1 atom stereocenters. The summed E-state index contributed by atoms with van der Waals surface area (Å²) in [6, 6.07) is 0. The third kappa shape index (κ3) is 1.54. The highest BCUT2D eigenvalue weighted by molar-refractivity contribution is 6.85. The summed E-state index contributed by atoms with van der Waals surface area (Å²) in [6.07, 6.45) is -6.23. The van der Waals surface area contributed by atoms with Crippen molar-refractivity contribution in [3.63, 3.8) is 0 Å². The Morgan fingerprint density at radius 3 is 1.69 bits per heavy atom. The summed E-state index contributed by atoms with van der Waals surface area (Å²) in [5.41, 5.74) is 0. The zero-order valence-corrected chi connectivity index (χ0v) is 5.74. The van der Waals surface area contributed by atoms with Crippen molar-refractivity contribution in [1.82, 2.24) is 0 Å². The largest absolute Gasteiger partial charge is 0.680 e. The van der Waals surface area contributed by atoms with E-state index >= 15 is 0 Å². The molecule has 0 aliphatic carbocycles. The van der Waals surface area contributed by atoms with Gasteiger partial charge in [0.05, 0.1) is 0 Å². The van der Waals surface area contributed by atoms with E-state index in [0.717, 1.165) is 0 Å². The Kier molecular flexibility index (Phi) is 2.54. The van der Waals surface area contributed by atoms with Crippen molar-refractivity contribution >= 4 is 6.56 Å². The van der Waals surface area contributed by atoms with Crippen LogP contribution >= 0.6 is 0 Å². The number of hydrogen-bond donors (Lipinski definition) is 0. The molecule has 72 valence electrons. The van der Waals surface area contributed by atoms with Crippen LogP contribution in [0.15, 0.2) is 0 Å². The summed E-state index contributed by atoms with van der Waals surface area (Å²) in [5, 5.41) is 7.69. The summed E-state index contributed by atoms with van der Waals surface area (Å²) in [7, 11) is 0. The fourth-order valence-electron chi connectivity index (χ4n) is 0.408. The molecule has 0 rings (SSSR count). The van der Waals surface area contributed by atoms with Crippen LogP contribution in [0.2, 0.25) is 0 Å². The number of rotatable bonds is 1. The molecule has 0 fully saturated rings. The monoisotopic (exact) mass is 201 g/mol. The van der Waals surface area contributed by atoms with Crippen molar-refractivity contribution in [3.05, 3.63) is 11.3 Å². The van der Waals surface area contributed by atoms with Gasteiger partial charge in [-0.2, -0.15) is 13.2 Å². The van der Waals surface area contributed by atoms with Crippen LogP contribution in [0.25, 0.3) is 4.76 Å². The summed E-state index contributed by atoms with van der Waals surface area (Å²) >= 11 is 0. The molecule has 1 unspecified atom stereocenters. The minimum absolute atomic E-state index is 0.0466. The standard InChI is InChI=1S/C4BF6N2/c1-13-5(11,2-12)3(6,7)4(8,9)10/q-1. The van der Waals surface area contributed by atoms with E-state index in [1.54, 1.807) is 0 Å². The van der Waals surface area contributed by atoms with Crippen molar-refractivity contribution in [1.29, 1.82) is 5.26 Å². The molecule has 0 spiro atoms. The fraction of sp³-hybridized carbons (Fsp3) is 0.500. The van der Waals surface area contributed by atoms with Gasteiger partial charge in [-0.05, 0) is 5.97 Å². The maximum absolute atomic E-state index is 12.4. The lowest BCUT2D eigenvalue weighted by Gasteiger charge is -2.25. The SMILES string of the molecule is [C-]#[N+][B-](F)(C#N)C(F)(F)C(F)(F)F. The van der Waals surface area contributed by atoms with Crippen LogP contribution in [-0.4, -0.2) is 18.6 Å². The zero-order valence-electron chi connectivity index (χ0n) is 5.74. The molecule has 0 aliphatic rings. The summed E-state index contributed by atoms with van der Waals surface area (Å²) in [6.45, 7) is 0.184. The molecule has 0 aromatic heterocycles. The van der Waals surface area contributed by atoms with E-state index in [2.05, 4.69) is 0 Å². The van der Waals surface area contributed by atoms with Crippen molar-refractivity contribution in [2.45, 2.75) is 12.0 Å². The lowest BCUT2D eigenvalue weighted by molar-refractivity contribution is -0.249. The van der Waals surface area contributed by atoms with Gasteiger partial charge in [-0.15, -0.1) is 0 Å². The highest BCUT2D eigenvalue weighted by Gasteiger charge is 2.75. The van der Waals surface area contributed by atoms with Gasteiger partial charge in [-0.25, -0.2) is 14.0 Å². The number of halogens is 6. The lowest BCUT2D eigenvalue weighted by Crippen LogP contribution is -2.56. The van der Waals surface area contributed by atoms with Gasteiger partial charge >= 0.3 is 18.6 Å². The first kappa shape index (κ1) is 11.6. The van der Waals surface area contributed by atoms with E-state index < -0.39 is 18.6 Å². The van der Waals surface area contributed by atoms with Crippen LogP contribution in [0.1, 0.15) is 0 Å². The first-order valence-corrected chi connectivity index (χ1v) is 2.70. The molecule has 0 saturated heterocycles. The molecule has 0 amide bonds. The molecule has 0 aliphatic heterocycles. The Hall–Kier alpha value is -1.38. The Labute approximate surface area is 68.6 Å². The van der Waals surface area contributed by atoms with Gasteiger partial charge in [-0.1, -0.05) is 0 Å². The normalized spacial score (nSPS) is 16.9. The molecule has 2 nitrogen and oxygen atoms in total. The molecule has 0 bridgehead atoms. The average molecular weight is 201 g/mol. The van der Waals surface area contributed by atoms with Crippen molar-refractivity contribution in [3.8, 4) is 5.97 Å². The number of hydrogen-bond acceptors (Lipinski definition) is 1. The maximum Gasteiger partial charge on any atom is 0.680 e. The fourth-order valence-corrected chi connectivity index (χ4v) is 0.408. The van der Waals surface area contributed by atoms with Crippen LogP contribution in [0.5, 0.6) is 0 Å². The third-order valence-electron chi connectivity index (χ3n) is 1.21. The molecule has 13 heavy (non-hydrogen) atoms. The predicted octanol–water partition coefficient (Wildman–Crippen LogP) is 2.12. The van der Waals surface area contributed by atoms with Crippen LogP contribution in [0.3, 0.4) is 0 Å². The van der Waals surface area contributed by atoms with E-state index in [9.17, 15) is 26.3 Å². The first-order chi connectivity index (χ1) is 5.62. The Morgan fingerprint density at radius 2 is 1.62 bits per heavy atom.